The molecule has 24 heavy (non-hydrogen) atoms. The van der Waals surface area contributed by atoms with Gasteiger partial charge in [-0.05, 0) is 55.0 Å². The third-order valence-corrected chi connectivity index (χ3v) is 4.64. The van der Waals surface area contributed by atoms with Gasteiger partial charge in [-0.3, -0.25) is 4.90 Å². The van der Waals surface area contributed by atoms with Crippen LogP contribution in [-0.4, -0.2) is 51.3 Å². The summed E-state index contributed by atoms with van der Waals surface area (Å²) in [6.07, 6.45) is 0.976. The van der Waals surface area contributed by atoms with E-state index in [0.717, 1.165) is 44.1 Å². The quantitative estimate of drug-likeness (QED) is 0.842. The summed E-state index contributed by atoms with van der Waals surface area (Å²) in [6, 6.07) is 7.23. The lowest BCUT2D eigenvalue weighted by Gasteiger charge is -2.39. The van der Waals surface area contributed by atoms with Gasteiger partial charge in [0, 0.05) is 31.9 Å². The van der Waals surface area contributed by atoms with Crippen LogP contribution in [0.15, 0.2) is 24.3 Å². The van der Waals surface area contributed by atoms with E-state index in [-0.39, 0.29) is 17.9 Å². The molecule has 130 valence electrons. The van der Waals surface area contributed by atoms with E-state index < -0.39 is 0 Å². The zero-order chi connectivity index (χ0) is 17.1. The second-order valence-corrected chi connectivity index (χ2v) is 6.50. The molecular formula is C17H25FN6. The Morgan fingerprint density at radius 1 is 1.08 bits per heavy atom. The minimum atomic E-state index is -0.191. The Kier molecular flexibility index (Phi) is 5.08. The lowest BCUT2D eigenvalue weighted by molar-refractivity contribution is 0.167. The van der Waals surface area contributed by atoms with E-state index in [9.17, 15) is 4.39 Å². The molecule has 2 heterocycles. The lowest BCUT2D eigenvalue weighted by atomic mass is 10.1. The molecule has 0 spiro atoms. The summed E-state index contributed by atoms with van der Waals surface area (Å²) in [5, 5.41) is 12.3. The van der Waals surface area contributed by atoms with Crippen LogP contribution in [0.3, 0.4) is 0 Å². The van der Waals surface area contributed by atoms with Gasteiger partial charge in [0.25, 0.3) is 0 Å². The number of piperazine rings is 1. The van der Waals surface area contributed by atoms with Gasteiger partial charge in [-0.2, -0.15) is 0 Å². The van der Waals surface area contributed by atoms with Gasteiger partial charge in [-0.25, -0.2) is 9.07 Å². The van der Waals surface area contributed by atoms with Crippen LogP contribution in [0.5, 0.6) is 0 Å². The van der Waals surface area contributed by atoms with Crippen LogP contribution in [0.4, 0.5) is 10.1 Å². The molecular weight excluding hydrogens is 307 g/mol. The summed E-state index contributed by atoms with van der Waals surface area (Å²) in [4.78, 5) is 4.75. The number of anilines is 1. The first kappa shape index (κ1) is 16.8. The fourth-order valence-corrected chi connectivity index (χ4v) is 3.34. The molecule has 2 aromatic rings. The monoisotopic (exact) mass is 332 g/mol. The van der Waals surface area contributed by atoms with Crippen molar-refractivity contribution in [1.82, 2.24) is 25.1 Å². The summed E-state index contributed by atoms with van der Waals surface area (Å²) in [5.41, 5.74) is 1.08. The van der Waals surface area contributed by atoms with E-state index in [1.54, 1.807) is 0 Å². The Balaban J connectivity index is 1.68. The second kappa shape index (κ2) is 7.25. The summed E-state index contributed by atoms with van der Waals surface area (Å²) in [7, 11) is 0. The van der Waals surface area contributed by atoms with Crippen LogP contribution in [-0.2, 0) is 0 Å². The maximum absolute atomic E-state index is 13.1. The van der Waals surface area contributed by atoms with Gasteiger partial charge >= 0.3 is 0 Å². The number of aromatic nitrogens is 4. The summed E-state index contributed by atoms with van der Waals surface area (Å²) in [5.74, 6) is 0.756. The van der Waals surface area contributed by atoms with Crippen molar-refractivity contribution in [2.45, 2.75) is 39.3 Å². The number of benzene rings is 1. The van der Waals surface area contributed by atoms with E-state index in [0.29, 0.717) is 0 Å². The van der Waals surface area contributed by atoms with Crippen LogP contribution in [0.2, 0.25) is 0 Å². The van der Waals surface area contributed by atoms with Gasteiger partial charge in [-0.15, -0.1) is 5.10 Å². The highest BCUT2D eigenvalue weighted by Gasteiger charge is 2.28. The lowest BCUT2D eigenvalue weighted by Crippen LogP contribution is -2.48. The molecule has 1 atom stereocenters. The number of nitrogens with zero attached hydrogens (tertiary/aromatic N) is 6. The molecule has 0 saturated carbocycles. The van der Waals surface area contributed by atoms with Crippen LogP contribution in [0.1, 0.15) is 45.1 Å². The minimum absolute atomic E-state index is 0.191. The van der Waals surface area contributed by atoms with Crippen LogP contribution < -0.4 is 4.90 Å². The molecule has 1 aromatic carbocycles. The Hall–Kier alpha value is -2.02. The Morgan fingerprint density at radius 3 is 2.33 bits per heavy atom. The van der Waals surface area contributed by atoms with E-state index in [1.165, 1.54) is 12.1 Å². The molecule has 0 N–H and O–H groups in total. The second-order valence-electron chi connectivity index (χ2n) is 6.50. The average molecular weight is 332 g/mol. The molecule has 0 aliphatic carbocycles. The van der Waals surface area contributed by atoms with Gasteiger partial charge < -0.3 is 4.90 Å². The number of rotatable bonds is 5. The first-order chi connectivity index (χ1) is 11.6. The highest BCUT2D eigenvalue weighted by atomic mass is 19.1. The largest absolute Gasteiger partial charge is 0.369 e. The van der Waals surface area contributed by atoms with Crippen molar-refractivity contribution in [3.63, 3.8) is 0 Å². The average Bonchev–Trinajstić information content (AvgIpc) is 3.07. The predicted molar refractivity (Wildman–Crippen MR) is 91.4 cm³/mol. The Morgan fingerprint density at radius 2 is 1.75 bits per heavy atom. The number of hydrogen-bond donors (Lipinski definition) is 0. The molecule has 1 aliphatic rings. The molecule has 1 aromatic heterocycles. The molecule has 7 heteroatoms. The summed E-state index contributed by atoms with van der Waals surface area (Å²) >= 11 is 0. The van der Waals surface area contributed by atoms with Crippen LogP contribution in [0.25, 0.3) is 0 Å². The molecule has 1 saturated heterocycles. The summed E-state index contributed by atoms with van der Waals surface area (Å²) < 4.78 is 15.0. The molecule has 0 radical (unpaired) electrons. The molecule has 0 unspecified atom stereocenters. The first-order valence-corrected chi connectivity index (χ1v) is 8.62. The Bertz CT molecular complexity index is 645. The minimum Gasteiger partial charge on any atom is -0.369 e. The Labute approximate surface area is 142 Å². The number of halogens is 1. The molecule has 6 nitrogen and oxygen atoms in total. The van der Waals surface area contributed by atoms with Gasteiger partial charge in [0.15, 0.2) is 5.82 Å². The zero-order valence-electron chi connectivity index (χ0n) is 14.6. The van der Waals surface area contributed by atoms with Gasteiger partial charge in [0.2, 0.25) is 0 Å². The first-order valence-electron chi connectivity index (χ1n) is 8.62. The molecule has 1 fully saturated rings. The highest BCUT2D eigenvalue weighted by Crippen LogP contribution is 2.26. The maximum Gasteiger partial charge on any atom is 0.168 e. The van der Waals surface area contributed by atoms with Crippen LogP contribution >= 0.6 is 0 Å². The zero-order valence-corrected chi connectivity index (χ0v) is 14.6. The fourth-order valence-electron chi connectivity index (χ4n) is 3.34. The third kappa shape index (κ3) is 3.40. The smallest absolute Gasteiger partial charge is 0.168 e. The van der Waals surface area contributed by atoms with Crippen LogP contribution in [0, 0.1) is 5.82 Å². The van der Waals surface area contributed by atoms with Crippen molar-refractivity contribution in [1.29, 1.82) is 0 Å². The van der Waals surface area contributed by atoms with E-state index >= 15 is 0 Å². The maximum atomic E-state index is 13.1. The highest BCUT2D eigenvalue weighted by molar-refractivity contribution is 5.46. The van der Waals surface area contributed by atoms with E-state index in [2.05, 4.69) is 46.1 Å². The molecule has 3 rings (SSSR count). The molecule has 0 amide bonds. The van der Waals surface area contributed by atoms with E-state index in [4.69, 9.17) is 0 Å². The standard InChI is InChI=1S/C17H25FN6/c1-4-16(17-19-20-21-24(17)13(2)3)23-11-9-22(10-12-23)15-7-5-14(18)6-8-15/h5-8,13,16H,4,9-12H2,1-3H3/t16-/m1/s1. The number of tetrazole rings is 1. The van der Waals surface area contributed by atoms with Crippen molar-refractivity contribution in [2.75, 3.05) is 31.1 Å². The topological polar surface area (TPSA) is 50.1 Å². The fraction of sp³-hybridized carbons (Fsp3) is 0.588. The SMILES string of the molecule is CC[C@H](c1nnnn1C(C)C)N1CCN(c2ccc(F)cc2)CC1. The van der Waals surface area contributed by atoms with Crippen molar-refractivity contribution in [3.05, 3.63) is 35.9 Å². The van der Waals surface area contributed by atoms with Gasteiger partial charge in [0.05, 0.1) is 12.1 Å². The predicted octanol–water partition coefficient (Wildman–Crippen LogP) is 2.67. The van der Waals surface area contributed by atoms with Crippen molar-refractivity contribution < 1.29 is 4.39 Å². The van der Waals surface area contributed by atoms with Crippen molar-refractivity contribution in [2.24, 2.45) is 0 Å². The molecule has 1 aliphatic heterocycles. The van der Waals surface area contributed by atoms with E-state index in [1.807, 2.05) is 16.8 Å². The van der Waals surface area contributed by atoms with Gasteiger partial charge in [0.1, 0.15) is 5.82 Å². The normalized spacial score (nSPS) is 17.5. The number of hydrogen-bond acceptors (Lipinski definition) is 5. The van der Waals surface area contributed by atoms with Gasteiger partial charge in [-0.1, -0.05) is 6.92 Å². The van der Waals surface area contributed by atoms with Crippen molar-refractivity contribution in [3.8, 4) is 0 Å². The van der Waals surface area contributed by atoms with Crippen molar-refractivity contribution >= 4 is 5.69 Å². The molecule has 0 bridgehead atoms. The summed E-state index contributed by atoms with van der Waals surface area (Å²) in [6.45, 7) is 10.1. The third-order valence-electron chi connectivity index (χ3n) is 4.64.